The van der Waals surface area contributed by atoms with E-state index in [2.05, 4.69) is 18.9 Å². The van der Waals surface area contributed by atoms with Gasteiger partial charge in [-0.3, -0.25) is 4.79 Å². The van der Waals surface area contributed by atoms with Gasteiger partial charge in [0.05, 0.1) is 0 Å². The first-order chi connectivity index (χ1) is 6.00. The molecule has 0 aliphatic rings. The van der Waals surface area contributed by atoms with Crippen molar-refractivity contribution < 1.29 is 24.0 Å². The highest BCUT2D eigenvalue weighted by molar-refractivity contribution is 7.45. The number of amides is 1. The highest BCUT2D eigenvalue weighted by Crippen LogP contribution is 2.25. The van der Waals surface area contributed by atoms with Crippen molar-refractivity contribution in [1.29, 1.82) is 0 Å². The maximum absolute atomic E-state index is 9.47. The molecule has 14 heavy (non-hydrogen) atoms. The number of phosphoric acid groups is 1. The Morgan fingerprint density at radius 1 is 1.36 bits per heavy atom. The van der Waals surface area contributed by atoms with Gasteiger partial charge >= 0.3 is 7.82 Å². The van der Waals surface area contributed by atoms with E-state index in [-0.39, 0.29) is 0 Å². The van der Waals surface area contributed by atoms with Crippen molar-refractivity contribution in [3.8, 4) is 0 Å². The molecule has 0 saturated carbocycles. The zero-order chi connectivity index (χ0) is 12.4. The van der Waals surface area contributed by atoms with Gasteiger partial charge in [0.25, 0.3) is 0 Å². The van der Waals surface area contributed by atoms with Crippen LogP contribution in [0.3, 0.4) is 0 Å². The van der Waals surface area contributed by atoms with E-state index in [1.54, 1.807) is 0 Å². The quantitative estimate of drug-likeness (QED) is 0.291. The molecule has 1 amide bonds. The normalized spacial score (nSPS) is 8.36. The third kappa shape index (κ3) is 996. The topological polar surface area (TPSA) is 121 Å². The van der Waals surface area contributed by atoms with Crippen molar-refractivity contribution in [2.45, 2.75) is 13.8 Å². The molecule has 0 aromatic heterocycles. The van der Waals surface area contributed by atoms with Gasteiger partial charge in [-0.15, -0.1) is 6.58 Å². The summed E-state index contributed by atoms with van der Waals surface area (Å²) in [5.41, 5.74) is 5.70. The monoisotopic (exact) mass is 225 g/mol. The summed E-state index contributed by atoms with van der Waals surface area (Å²) in [6, 6.07) is 0. The van der Waals surface area contributed by atoms with Crippen molar-refractivity contribution in [2.24, 2.45) is 5.73 Å². The zero-order valence-electron chi connectivity index (χ0n) is 8.17. The van der Waals surface area contributed by atoms with Crippen LogP contribution in [0.2, 0.25) is 0 Å². The predicted molar refractivity (Wildman–Crippen MR) is 54.1 cm³/mol. The number of carbonyl (C=O) groups excluding carboxylic acids is 1. The fourth-order valence-electron chi connectivity index (χ4n) is 0. The Labute approximate surface area is 83.0 Å². The van der Waals surface area contributed by atoms with Gasteiger partial charge < -0.3 is 20.4 Å². The maximum Gasteiger partial charge on any atom is 0.466 e. The lowest BCUT2D eigenvalue weighted by Gasteiger charge is -1.82. The highest BCUT2D eigenvalue weighted by Gasteiger charge is 2.00. The minimum Gasteiger partial charge on any atom is -0.366 e. The second-order valence-corrected chi connectivity index (χ2v) is 3.35. The molecule has 0 aromatic rings. The first-order valence-corrected chi connectivity index (χ1v) is 4.89. The lowest BCUT2D eigenvalue weighted by molar-refractivity contribution is -0.113. The first kappa shape index (κ1) is 18.8. The lowest BCUT2D eigenvalue weighted by Crippen LogP contribution is -2.04. The molecule has 0 spiro atoms. The molecule has 0 aromatic carbocycles. The van der Waals surface area contributed by atoms with E-state index in [1.807, 2.05) is 13.8 Å². The van der Waals surface area contributed by atoms with Gasteiger partial charge in [0.2, 0.25) is 5.91 Å². The number of carbonyl (C=O) groups is 1. The van der Waals surface area contributed by atoms with Crippen LogP contribution in [0.5, 0.6) is 0 Å². The molecule has 0 rings (SSSR count). The number of primary amides is 1. The zero-order valence-corrected chi connectivity index (χ0v) is 9.07. The Balaban J connectivity index is -0.000000131. The fourth-order valence-corrected chi connectivity index (χ4v) is 0. The molecule has 0 radical (unpaired) electrons. The molecule has 0 saturated heterocycles. The number of allylic oxidation sites excluding steroid dienone is 1. The van der Waals surface area contributed by atoms with Gasteiger partial charge in [-0.25, -0.2) is 4.57 Å². The van der Waals surface area contributed by atoms with Crippen molar-refractivity contribution in [2.75, 3.05) is 0 Å². The van der Waals surface area contributed by atoms with E-state index in [9.17, 15) is 4.79 Å². The molecule has 5 N–H and O–H groups in total. The summed E-state index contributed by atoms with van der Waals surface area (Å²) in [5.74, 6) is -0.481. The average molecular weight is 225 g/mol. The Morgan fingerprint density at radius 3 is 1.43 bits per heavy atom. The standard InChI is InChI=1S/C4H8.C3H5NO.H3O4P/c1-4(2)3;1-2-3(4)5;1-5(2,3)4/h1H2,2-3H3;2H,1H2,(H2,4,5);(H3,1,2,3,4). The SMILES string of the molecule is C=C(C)C.C=CC(N)=O.O=P(O)(O)O. The average Bonchev–Trinajstić information content (AvgIpc) is 1.82. The third-order valence-corrected chi connectivity index (χ3v) is 0.201. The number of rotatable bonds is 1. The molecule has 6 nitrogen and oxygen atoms in total. The van der Waals surface area contributed by atoms with Crippen LogP contribution in [0.1, 0.15) is 13.8 Å². The van der Waals surface area contributed by atoms with Crippen LogP contribution in [-0.4, -0.2) is 20.6 Å². The first-order valence-electron chi connectivity index (χ1n) is 3.33. The lowest BCUT2D eigenvalue weighted by atomic mass is 10.4. The summed E-state index contributed by atoms with van der Waals surface area (Å²) in [6.45, 7) is 10.6. The number of hydrogen-bond acceptors (Lipinski definition) is 2. The summed E-state index contributed by atoms with van der Waals surface area (Å²) in [5, 5.41) is 0. The molecule has 7 heteroatoms. The van der Waals surface area contributed by atoms with E-state index in [1.165, 1.54) is 5.57 Å². The molecule has 0 aliphatic carbocycles. The summed E-state index contributed by atoms with van der Waals surface area (Å²) >= 11 is 0. The van der Waals surface area contributed by atoms with Crippen LogP contribution in [-0.2, 0) is 9.36 Å². The molecule has 0 atom stereocenters. The van der Waals surface area contributed by atoms with Crippen LogP contribution in [0.15, 0.2) is 24.8 Å². The van der Waals surface area contributed by atoms with E-state index < -0.39 is 13.7 Å². The van der Waals surface area contributed by atoms with Gasteiger partial charge in [0.1, 0.15) is 0 Å². The smallest absolute Gasteiger partial charge is 0.366 e. The summed E-state index contributed by atoms with van der Waals surface area (Å²) < 4.78 is 8.88. The van der Waals surface area contributed by atoms with Crippen LogP contribution in [0, 0.1) is 0 Å². The molecule has 0 unspecified atom stereocenters. The van der Waals surface area contributed by atoms with Gasteiger partial charge in [0.15, 0.2) is 0 Å². The van der Waals surface area contributed by atoms with Crippen LogP contribution >= 0.6 is 7.82 Å². The molecule has 84 valence electrons. The highest BCUT2D eigenvalue weighted by atomic mass is 31.2. The van der Waals surface area contributed by atoms with Gasteiger partial charge in [-0.2, -0.15) is 0 Å². The molecule has 0 aliphatic heterocycles. The van der Waals surface area contributed by atoms with E-state index in [0.717, 1.165) is 6.08 Å². The van der Waals surface area contributed by atoms with Gasteiger partial charge in [-0.1, -0.05) is 12.2 Å². The minimum absolute atomic E-state index is 0.481. The van der Waals surface area contributed by atoms with Crippen molar-refractivity contribution in [1.82, 2.24) is 0 Å². The summed E-state index contributed by atoms with van der Waals surface area (Å²) in [6.07, 6.45) is 1.06. The fraction of sp³-hybridized carbons (Fsp3) is 0.286. The van der Waals surface area contributed by atoms with Gasteiger partial charge in [-0.05, 0) is 19.9 Å². The summed E-state index contributed by atoms with van der Waals surface area (Å²) in [7, 11) is -4.64. The Morgan fingerprint density at radius 2 is 1.43 bits per heavy atom. The third-order valence-electron chi connectivity index (χ3n) is 0.201. The van der Waals surface area contributed by atoms with Crippen molar-refractivity contribution in [3.63, 3.8) is 0 Å². The largest absolute Gasteiger partial charge is 0.466 e. The predicted octanol–water partition coefficient (Wildman–Crippen LogP) is 0.311. The second kappa shape index (κ2) is 10.1. The summed E-state index contributed by atoms with van der Waals surface area (Å²) in [4.78, 5) is 31.0. The minimum atomic E-state index is -4.64. The Bertz CT molecular complexity index is 220. The maximum atomic E-state index is 9.47. The van der Waals surface area contributed by atoms with Crippen molar-refractivity contribution in [3.05, 3.63) is 24.8 Å². The van der Waals surface area contributed by atoms with E-state index in [0.29, 0.717) is 0 Å². The van der Waals surface area contributed by atoms with E-state index in [4.69, 9.17) is 19.2 Å². The molecule has 0 fully saturated rings. The molecular formula is C7H16NO5P. The molecule has 0 bridgehead atoms. The Kier molecular flexibility index (Phi) is 13.6. The second-order valence-electron chi connectivity index (χ2n) is 2.33. The number of nitrogens with two attached hydrogens (primary N) is 1. The number of hydrogen-bond donors (Lipinski definition) is 4. The molecular weight excluding hydrogens is 209 g/mol. The van der Waals surface area contributed by atoms with Crippen LogP contribution in [0.4, 0.5) is 0 Å². The van der Waals surface area contributed by atoms with Crippen LogP contribution < -0.4 is 5.73 Å². The van der Waals surface area contributed by atoms with E-state index >= 15 is 0 Å². The van der Waals surface area contributed by atoms with Crippen LogP contribution in [0.25, 0.3) is 0 Å². The molecule has 0 heterocycles. The van der Waals surface area contributed by atoms with Gasteiger partial charge in [0, 0.05) is 0 Å². The van der Waals surface area contributed by atoms with Crippen molar-refractivity contribution >= 4 is 13.7 Å². The Hall–Kier alpha value is -0.940.